The van der Waals surface area contributed by atoms with Gasteiger partial charge in [-0.1, -0.05) is 38.5 Å². The molecule has 1 heterocycles. The molecule has 0 aromatic rings. The third-order valence-electron chi connectivity index (χ3n) is 9.58. The van der Waals surface area contributed by atoms with Gasteiger partial charge in [0, 0.05) is 6.61 Å². The molecule has 0 spiro atoms. The number of hydrogen-bond acceptors (Lipinski definition) is 2. The van der Waals surface area contributed by atoms with Gasteiger partial charge >= 0.3 is 0 Å². The molecule has 1 saturated heterocycles. The van der Waals surface area contributed by atoms with Gasteiger partial charge in [0.2, 0.25) is 0 Å². The maximum Gasteiger partial charge on any atom is 0.0790 e. The first-order chi connectivity index (χ1) is 12.9. The molecule has 2 heteroatoms. The van der Waals surface area contributed by atoms with Gasteiger partial charge in [-0.2, -0.15) is 0 Å². The Morgan fingerprint density at radius 3 is 2.63 bits per heavy atom. The smallest absolute Gasteiger partial charge is 0.0790 e. The van der Waals surface area contributed by atoms with E-state index in [9.17, 15) is 5.11 Å². The molecule has 0 aromatic carbocycles. The zero-order chi connectivity index (χ0) is 18.8. The zero-order valence-corrected chi connectivity index (χ0v) is 17.5. The first kappa shape index (κ1) is 18.4. The quantitative estimate of drug-likeness (QED) is 0.603. The molecular formula is C25H38O2. The second kappa shape index (κ2) is 6.46. The molecule has 150 valence electrons. The molecule has 3 unspecified atom stereocenters. The summed E-state index contributed by atoms with van der Waals surface area (Å²) in [7, 11) is 0. The SMILES string of the molecule is CC1C=C2CC(O)CC[C@]2(C)[C@@H]2CC[C@]3(C)C(C4CCCCO4)=CC[C@H]3[C@H]12. The standard InChI is InChI=1S/C25H38O2/c1-16-14-17-15-18(26)9-11-24(17,2)21-10-12-25(3)19(7-8-20(25)23(16)21)22-6-4-5-13-27-22/h7,14,16,18,20-23,26H,4-6,8-13,15H2,1-3H3/t16?,18?,20-,21+,22?,23-,24-,25+/m0/s1. The van der Waals surface area contributed by atoms with Crippen LogP contribution in [0.2, 0.25) is 0 Å². The van der Waals surface area contributed by atoms with Crippen molar-refractivity contribution in [2.24, 2.45) is 34.5 Å². The Kier molecular flexibility index (Phi) is 4.41. The van der Waals surface area contributed by atoms with E-state index in [1.54, 1.807) is 11.1 Å². The molecule has 0 radical (unpaired) electrons. The highest BCUT2D eigenvalue weighted by atomic mass is 16.5. The predicted molar refractivity (Wildman–Crippen MR) is 109 cm³/mol. The maximum atomic E-state index is 10.3. The van der Waals surface area contributed by atoms with Crippen LogP contribution in [0.4, 0.5) is 0 Å². The van der Waals surface area contributed by atoms with Crippen LogP contribution >= 0.6 is 0 Å². The van der Waals surface area contributed by atoms with Gasteiger partial charge in [0.15, 0.2) is 0 Å². The van der Waals surface area contributed by atoms with Gasteiger partial charge in [-0.15, -0.1) is 0 Å². The van der Waals surface area contributed by atoms with E-state index in [0.717, 1.165) is 37.2 Å². The number of aliphatic hydroxyl groups excluding tert-OH is 1. The molecule has 8 atom stereocenters. The van der Waals surface area contributed by atoms with Crippen LogP contribution in [0, 0.1) is 34.5 Å². The van der Waals surface area contributed by atoms with Crippen LogP contribution in [0.1, 0.15) is 78.6 Å². The molecule has 4 aliphatic carbocycles. The lowest BCUT2D eigenvalue weighted by atomic mass is 9.45. The van der Waals surface area contributed by atoms with E-state index < -0.39 is 0 Å². The molecule has 0 bridgehead atoms. The number of ether oxygens (including phenoxy) is 1. The minimum Gasteiger partial charge on any atom is -0.393 e. The topological polar surface area (TPSA) is 29.5 Å². The predicted octanol–water partition coefficient (Wildman–Crippen LogP) is 5.66. The van der Waals surface area contributed by atoms with E-state index in [4.69, 9.17) is 4.74 Å². The average molecular weight is 371 g/mol. The van der Waals surface area contributed by atoms with Gasteiger partial charge in [-0.25, -0.2) is 0 Å². The highest BCUT2D eigenvalue weighted by Crippen LogP contribution is 2.66. The lowest BCUT2D eigenvalue weighted by molar-refractivity contribution is -0.0584. The minimum atomic E-state index is -0.106. The molecule has 2 saturated carbocycles. The first-order valence-corrected chi connectivity index (χ1v) is 11.6. The van der Waals surface area contributed by atoms with Crippen molar-refractivity contribution in [1.82, 2.24) is 0 Å². The maximum absolute atomic E-state index is 10.3. The second-order valence-corrected chi connectivity index (χ2v) is 10.9. The average Bonchev–Trinajstić information content (AvgIpc) is 3.01. The van der Waals surface area contributed by atoms with E-state index in [1.807, 2.05) is 0 Å². The van der Waals surface area contributed by atoms with Crippen LogP contribution in [0.15, 0.2) is 23.3 Å². The highest BCUT2D eigenvalue weighted by Gasteiger charge is 2.59. The van der Waals surface area contributed by atoms with Crippen molar-refractivity contribution < 1.29 is 9.84 Å². The Morgan fingerprint density at radius 1 is 1.04 bits per heavy atom. The fraction of sp³-hybridized carbons (Fsp3) is 0.840. The number of aliphatic hydroxyl groups is 1. The number of fused-ring (bicyclic) bond motifs is 5. The van der Waals surface area contributed by atoms with Crippen LogP contribution in [-0.2, 0) is 4.74 Å². The number of rotatable bonds is 1. The third-order valence-corrected chi connectivity index (χ3v) is 9.58. The third kappa shape index (κ3) is 2.65. The highest BCUT2D eigenvalue weighted by molar-refractivity contribution is 5.32. The lowest BCUT2D eigenvalue weighted by Gasteiger charge is -2.59. The summed E-state index contributed by atoms with van der Waals surface area (Å²) in [6.45, 7) is 8.53. The molecule has 3 fully saturated rings. The zero-order valence-electron chi connectivity index (χ0n) is 17.5. The summed E-state index contributed by atoms with van der Waals surface area (Å²) in [5.41, 5.74) is 3.94. The van der Waals surface area contributed by atoms with Crippen LogP contribution in [0.25, 0.3) is 0 Å². The van der Waals surface area contributed by atoms with Crippen molar-refractivity contribution in [3.05, 3.63) is 23.3 Å². The number of allylic oxidation sites excluding steroid dienone is 2. The molecule has 1 N–H and O–H groups in total. The lowest BCUT2D eigenvalue weighted by Crippen LogP contribution is -2.53. The van der Waals surface area contributed by atoms with Crippen molar-refractivity contribution in [3.8, 4) is 0 Å². The molecule has 5 aliphatic rings. The first-order valence-electron chi connectivity index (χ1n) is 11.6. The Bertz CT molecular complexity index is 657. The summed E-state index contributed by atoms with van der Waals surface area (Å²) in [4.78, 5) is 0. The Labute approximate surface area is 165 Å². The fourth-order valence-electron chi connectivity index (χ4n) is 8.09. The second-order valence-electron chi connectivity index (χ2n) is 10.9. The monoisotopic (exact) mass is 370 g/mol. The molecule has 27 heavy (non-hydrogen) atoms. The Balaban J connectivity index is 1.46. The Morgan fingerprint density at radius 2 is 1.85 bits per heavy atom. The molecule has 0 aromatic heterocycles. The summed E-state index contributed by atoms with van der Waals surface area (Å²) in [5.74, 6) is 3.03. The molecule has 5 rings (SSSR count). The van der Waals surface area contributed by atoms with E-state index in [0.29, 0.717) is 22.9 Å². The fourth-order valence-corrected chi connectivity index (χ4v) is 8.09. The van der Waals surface area contributed by atoms with E-state index in [1.165, 1.54) is 44.9 Å². The largest absolute Gasteiger partial charge is 0.393 e. The molecule has 1 aliphatic heterocycles. The van der Waals surface area contributed by atoms with Crippen LogP contribution in [-0.4, -0.2) is 23.9 Å². The minimum absolute atomic E-state index is 0.106. The Hall–Kier alpha value is -0.600. The van der Waals surface area contributed by atoms with Gasteiger partial charge in [0.05, 0.1) is 12.2 Å². The summed E-state index contributed by atoms with van der Waals surface area (Å²) in [6, 6.07) is 0. The van der Waals surface area contributed by atoms with Crippen LogP contribution < -0.4 is 0 Å². The normalized spacial score (nSPS) is 52.3. The van der Waals surface area contributed by atoms with Crippen molar-refractivity contribution in [3.63, 3.8) is 0 Å². The van der Waals surface area contributed by atoms with Gasteiger partial charge in [-0.3, -0.25) is 0 Å². The molecular weight excluding hydrogens is 332 g/mol. The van der Waals surface area contributed by atoms with Crippen molar-refractivity contribution >= 4 is 0 Å². The van der Waals surface area contributed by atoms with E-state index in [-0.39, 0.29) is 6.10 Å². The van der Waals surface area contributed by atoms with E-state index in [2.05, 4.69) is 32.9 Å². The van der Waals surface area contributed by atoms with Crippen LogP contribution in [0.5, 0.6) is 0 Å². The summed E-state index contributed by atoms with van der Waals surface area (Å²) in [5, 5.41) is 10.3. The van der Waals surface area contributed by atoms with Gasteiger partial charge in [0.1, 0.15) is 0 Å². The molecule has 2 nitrogen and oxygen atoms in total. The summed E-state index contributed by atoms with van der Waals surface area (Å²) in [6.07, 6.45) is 16.3. The van der Waals surface area contributed by atoms with E-state index >= 15 is 0 Å². The van der Waals surface area contributed by atoms with Crippen molar-refractivity contribution in [2.45, 2.75) is 90.8 Å². The van der Waals surface area contributed by atoms with Gasteiger partial charge in [-0.05, 0) is 97.9 Å². The van der Waals surface area contributed by atoms with Gasteiger partial charge < -0.3 is 9.84 Å². The van der Waals surface area contributed by atoms with Crippen molar-refractivity contribution in [1.29, 1.82) is 0 Å². The summed E-state index contributed by atoms with van der Waals surface area (Å²) < 4.78 is 6.25. The number of hydrogen-bond donors (Lipinski definition) is 1. The van der Waals surface area contributed by atoms with Gasteiger partial charge in [0.25, 0.3) is 0 Å². The summed E-state index contributed by atoms with van der Waals surface area (Å²) >= 11 is 0. The van der Waals surface area contributed by atoms with Crippen LogP contribution in [0.3, 0.4) is 0 Å². The molecule has 0 amide bonds. The van der Waals surface area contributed by atoms with Crippen molar-refractivity contribution in [2.75, 3.05) is 6.61 Å².